The van der Waals surface area contributed by atoms with E-state index < -0.39 is 0 Å². The molecular weight excluding hydrogens is 231 g/mol. The van der Waals surface area contributed by atoms with Crippen LogP contribution in [0, 0.1) is 5.82 Å². The van der Waals surface area contributed by atoms with Crippen LogP contribution in [0.25, 0.3) is 0 Å². The topological polar surface area (TPSA) is 27.1 Å². The Kier molecular flexibility index (Phi) is 2.78. The van der Waals surface area contributed by atoms with E-state index in [0.29, 0.717) is 0 Å². The minimum atomic E-state index is -0.199. The van der Waals surface area contributed by atoms with Gasteiger partial charge >= 0.3 is 0 Å². The Bertz CT molecular complexity index is 565. The lowest BCUT2D eigenvalue weighted by atomic mass is 10.1. The zero-order chi connectivity index (χ0) is 12.5. The first kappa shape index (κ1) is 11.3. The molecule has 2 heterocycles. The van der Waals surface area contributed by atoms with Crippen LogP contribution in [0.3, 0.4) is 0 Å². The average Bonchev–Trinajstić information content (AvgIpc) is 2.94. The molecule has 1 aromatic heterocycles. The molecule has 0 saturated carbocycles. The second-order valence-electron chi connectivity index (χ2n) is 4.55. The molecule has 2 aromatic rings. The van der Waals surface area contributed by atoms with Gasteiger partial charge in [0.1, 0.15) is 23.5 Å². The van der Waals surface area contributed by atoms with Gasteiger partial charge in [-0.25, -0.2) is 9.37 Å². The van der Waals surface area contributed by atoms with Gasteiger partial charge in [0.05, 0.1) is 6.54 Å². The van der Waals surface area contributed by atoms with Gasteiger partial charge < -0.3 is 9.30 Å². The van der Waals surface area contributed by atoms with Crippen LogP contribution in [0.5, 0.6) is 5.75 Å². The number of rotatable bonds is 3. The van der Waals surface area contributed by atoms with Crippen molar-refractivity contribution in [1.29, 1.82) is 0 Å². The van der Waals surface area contributed by atoms with Crippen molar-refractivity contribution in [3.05, 3.63) is 47.8 Å². The smallest absolute Gasteiger partial charge is 0.123 e. The fourth-order valence-electron chi connectivity index (χ4n) is 2.43. The summed E-state index contributed by atoms with van der Waals surface area (Å²) in [7, 11) is 0. The van der Waals surface area contributed by atoms with Crippen molar-refractivity contribution in [1.82, 2.24) is 9.55 Å². The molecule has 1 aliphatic heterocycles. The third-order valence-corrected chi connectivity index (χ3v) is 3.28. The molecule has 1 unspecified atom stereocenters. The van der Waals surface area contributed by atoms with E-state index in [2.05, 4.69) is 16.5 Å². The number of aromatic nitrogens is 2. The van der Waals surface area contributed by atoms with Gasteiger partial charge in [0, 0.05) is 30.8 Å². The maximum absolute atomic E-state index is 13.1. The quantitative estimate of drug-likeness (QED) is 0.832. The summed E-state index contributed by atoms with van der Waals surface area (Å²) < 4.78 is 21.0. The van der Waals surface area contributed by atoms with Crippen molar-refractivity contribution >= 4 is 0 Å². The largest absolute Gasteiger partial charge is 0.488 e. The molecule has 0 radical (unpaired) electrons. The van der Waals surface area contributed by atoms with Gasteiger partial charge in [-0.1, -0.05) is 6.92 Å². The van der Waals surface area contributed by atoms with E-state index in [9.17, 15) is 4.39 Å². The highest BCUT2D eigenvalue weighted by molar-refractivity contribution is 5.37. The molecule has 4 heteroatoms. The SMILES string of the molecule is CCc1nccn1CC1Cc2cc(F)ccc2O1. The standard InChI is InChI=1S/C14H15FN2O/c1-2-14-16-5-6-17(14)9-12-8-10-7-11(15)3-4-13(10)18-12/h3-7,12H,2,8-9H2,1H3. The molecule has 0 saturated heterocycles. The van der Waals surface area contributed by atoms with Crippen molar-refractivity contribution in [2.45, 2.75) is 32.4 Å². The Morgan fingerprint density at radius 3 is 3.22 bits per heavy atom. The van der Waals surface area contributed by atoms with Crippen LogP contribution >= 0.6 is 0 Å². The van der Waals surface area contributed by atoms with Crippen molar-refractivity contribution in [3.8, 4) is 5.75 Å². The summed E-state index contributed by atoms with van der Waals surface area (Å²) in [5.74, 6) is 1.66. The van der Waals surface area contributed by atoms with Gasteiger partial charge in [-0.3, -0.25) is 0 Å². The number of ether oxygens (including phenoxy) is 1. The first-order chi connectivity index (χ1) is 8.76. The Hall–Kier alpha value is -1.84. The first-order valence-corrected chi connectivity index (χ1v) is 6.21. The second-order valence-corrected chi connectivity index (χ2v) is 4.55. The summed E-state index contributed by atoms with van der Waals surface area (Å²) in [4.78, 5) is 4.29. The molecule has 0 fully saturated rings. The van der Waals surface area contributed by atoms with Crippen molar-refractivity contribution in [3.63, 3.8) is 0 Å². The number of imidazole rings is 1. The van der Waals surface area contributed by atoms with Gasteiger partial charge in [0.25, 0.3) is 0 Å². The Labute approximate surface area is 105 Å². The number of hydrogen-bond donors (Lipinski definition) is 0. The van der Waals surface area contributed by atoms with Crippen LogP contribution in [0.15, 0.2) is 30.6 Å². The molecule has 3 nitrogen and oxygen atoms in total. The lowest BCUT2D eigenvalue weighted by Crippen LogP contribution is -2.21. The number of aryl methyl sites for hydroxylation is 1. The normalized spacial score (nSPS) is 17.6. The maximum Gasteiger partial charge on any atom is 0.123 e. The summed E-state index contributed by atoms with van der Waals surface area (Å²) in [6.07, 6.45) is 5.50. The number of benzene rings is 1. The van der Waals surface area contributed by atoms with Gasteiger partial charge in [0.2, 0.25) is 0 Å². The molecule has 0 amide bonds. The number of fused-ring (bicyclic) bond motifs is 1. The molecular formula is C14H15FN2O. The highest BCUT2D eigenvalue weighted by Gasteiger charge is 2.23. The van der Waals surface area contributed by atoms with E-state index >= 15 is 0 Å². The molecule has 3 rings (SSSR count). The van der Waals surface area contributed by atoms with Crippen LogP contribution < -0.4 is 4.74 Å². The summed E-state index contributed by atoms with van der Waals surface area (Å²) >= 11 is 0. The molecule has 1 atom stereocenters. The summed E-state index contributed by atoms with van der Waals surface area (Å²) in [6, 6.07) is 4.71. The summed E-state index contributed by atoms with van der Waals surface area (Å²) in [5.41, 5.74) is 0.957. The number of nitrogens with zero attached hydrogens (tertiary/aromatic N) is 2. The maximum atomic E-state index is 13.1. The van der Waals surface area contributed by atoms with E-state index in [-0.39, 0.29) is 11.9 Å². The monoisotopic (exact) mass is 246 g/mol. The third-order valence-electron chi connectivity index (χ3n) is 3.28. The third kappa shape index (κ3) is 1.98. The number of hydrogen-bond acceptors (Lipinski definition) is 2. The minimum absolute atomic E-state index is 0.0706. The van der Waals surface area contributed by atoms with Crippen LogP contribution in [0.4, 0.5) is 4.39 Å². The lowest BCUT2D eigenvalue weighted by Gasteiger charge is -2.13. The molecule has 94 valence electrons. The van der Waals surface area contributed by atoms with Crippen LogP contribution in [-0.4, -0.2) is 15.7 Å². The van der Waals surface area contributed by atoms with E-state index in [1.54, 1.807) is 18.3 Å². The molecule has 0 bridgehead atoms. The van der Waals surface area contributed by atoms with E-state index in [1.165, 1.54) is 6.07 Å². The Morgan fingerprint density at radius 2 is 2.39 bits per heavy atom. The molecule has 0 N–H and O–H groups in total. The molecule has 1 aromatic carbocycles. The van der Waals surface area contributed by atoms with E-state index in [1.807, 2.05) is 6.20 Å². The Balaban J connectivity index is 1.75. The van der Waals surface area contributed by atoms with Gasteiger partial charge in [-0.2, -0.15) is 0 Å². The van der Waals surface area contributed by atoms with Crippen LogP contribution in [0.2, 0.25) is 0 Å². The van der Waals surface area contributed by atoms with Crippen LogP contribution in [0.1, 0.15) is 18.3 Å². The van der Waals surface area contributed by atoms with Crippen molar-refractivity contribution < 1.29 is 9.13 Å². The van der Waals surface area contributed by atoms with E-state index in [4.69, 9.17) is 4.74 Å². The minimum Gasteiger partial charge on any atom is -0.488 e. The molecule has 18 heavy (non-hydrogen) atoms. The predicted octanol–water partition coefficient (Wildman–Crippen LogP) is 2.59. The van der Waals surface area contributed by atoms with Crippen molar-refractivity contribution in [2.24, 2.45) is 0 Å². The zero-order valence-electron chi connectivity index (χ0n) is 10.3. The van der Waals surface area contributed by atoms with Gasteiger partial charge in [0.15, 0.2) is 0 Å². The molecule has 0 spiro atoms. The average molecular weight is 246 g/mol. The predicted molar refractivity (Wildman–Crippen MR) is 66.1 cm³/mol. The molecule has 0 aliphatic carbocycles. The fourth-order valence-corrected chi connectivity index (χ4v) is 2.43. The fraction of sp³-hybridized carbons (Fsp3) is 0.357. The highest BCUT2D eigenvalue weighted by Crippen LogP contribution is 2.29. The molecule has 1 aliphatic rings. The van der Waals surface area contributed by atoms with Crippen LogP contribution in [-0.2, 0) is 19.4 Å². The Morgan fingerprint density at radius 1 is 1.50 bits per heavy atom. The van der Waals surface area contributed by atoms with E-state index in [0.717, 1.165) is 36.5 Å². The first-order valence-electron chi connectivity index (χ1n) is 6.21. The van der Waals surface area contributed by atoms with Crippen molar-refractivity contribution in [2.75, 3.05) is 0 Å². The second kappa shape index (κ2) is 4.44. The summed E-state index contributed by atoms with van der Waals surface area (Å²) in [5, 5.41) is 0. The highest BCUT2D eigenvalue weighted by atomic mass is 19.1. The lowest BCUT2D eigenvalue weighted by molar-refractivity contribution is 0.207. The summed E-state index contributed by atoms with van der Waals surface area (Å²) in [6.45, 7) is 2.85. The number of halogens is 1. The van der Waals surface area contributed by atoms with Gasteiger partial charge in [-0.15, -0.1) is 0 Å². The zero-order valence-corrected chi connectivity index (χ0v) is 10.3. The van der Waals surface area contributed by atoms with Gasteiger partial charge in [-0.05, 0) is 18.2 Å².